The molecule has 0 aliphatic rings. The fourth-order valence-electron chi connectivity index (χ4n) is 2.54. The number of aryl methyl sites for hydroxylation is 1. The topological polar surface area (TPSA) is 29.9 Å². The SMILES string of the molecule is CCc1nn(-c2ccccc2Cl)c(CC)c1CCNC. The van der Waals surface area contributed by atoms with E-state index >= 15 is 0 Å². The molecular formula is C16H22ClN3. The normalized spacial score (nSPS) is 11.0. The van der Waals surface area contributed by atoms with Gasteiger partial charge in [-0.25, -0.2) is 4.68 Å². The van der Waals surface area contributed by atoms with Crippen LogP contribution in [0.4, 0.5) is 0 Å². The standard InChI is InChI=1S/C16H22ClN3/c1-4-14-12(10-11-18-3)15(5-2)20(19-14)16-9-7-6-8-13(16)17/h6-9,18H,4-5,10-11H2,1-3H3. The number of para-hydroxylation sites is 1. The highest BCUT2D eigenvalue weighted by Gasteiger charge is 2.17. The predicted molar refractivity (Wildman–Crippen MR) is 85.0 cm³/mol. The molecule has 0 saturated carbocycles. The lowest BCUT2D eigenvalue weighted by molar-refractivity contribution is 0.772. The van der Waals surface area contributed by atoms with Gasteiger partial charge in [-0.2, -0.15) is 5.10 Å². The third kappa shape index (κ3) is 2.89. The lowest BCUT2D eigenvalue weighted by Gasteiger charge is -2.09. The zero-order chi connectivity index (χ0) is 14.5. The van der Waals surface area contributed by atoms with Crippen LogP contribution >= 0.6 is 11.6 Å². The average Bonchev–Trinajstić information content (AvgIpc) is 2.83. The Kier molecular flexibility index (Phi) is 5.21. The van der Waals surface area contributed by atoms with Gasteiger partial charge in [-0.3, -0.25) is 0 Å². The van der Waals surface area contributed by atoms with Gasteiger partial charge in [0, 0.05) is 5.69 Å². The van der Waals surface area contributed by atoms with Gasteiger partial charge in [-0.1, -0.05) is 37.6 Å². The first kappa shape index (κ1) is 15.1. The summed E-state index contributed by atoms with van der Waals surface area (Å²) in [6.07, 6.45) is 2.91. The largest absolute Gasteiger partial charge is 0.319 e. The van der Waals surface area contributed by atoms with Crippen molar-refractivity contribution in [3.63, 3.8) is 0 Å². The van der Waals surface area contributed by atoms with Crippen molar-refractivity contribution < 1.29 is 0 Å². The molecule has 0 fully saturated rings. The van der Waals surface area contributed by atoms with Crippen LogP contribution in [0.2, 0.25) is 5.02 Å². The highest BCUT2D eigenvalue weighted by atomic mass is 35.5. The van der Waals surface area contributed by atoms with E-state index in [4.69, 9.17) is 16.7 Å². The van der Waals surface area contributed by atoms with Gasteiger partial charge in [-0.05, 0) is 50.6 Å². The Balaban J connectivity index is 2.53. The summed E-state index contributed by atoms with van der Waals surface area (Å²) in [4.78, 5) is 0. The monoisotopic (exact) mass is 291 g/mol. The molecule has 2 rings (SSSR count). The molecular weight excluding hydrogens is 270 g/mol. The van der Waals surface area contributed by atoms with E-state index in [1.807, 2.05) is 36.0 Å². The Labute approximate surface area is 126 Å². The summed E-state index contributed by atoms with van der Waals surface area (Å²) in [6, 6.07) is 7.89. The van der Waals surface area contributed by atoms with Gasteiger partial charge in [0.25, 0.3) is 0 Å². The number of nitrogens with zero attached hydrogens (tertiary/aromatic N) is 2. The molecule has 1 heterocycles. The van der Waals surface area contributed by atoms with E-state index in [0.29, 0.717) is 0 Å². The summed E-state index contributed by atoms with van der Waals surface area (Å²) in [5, 5.41) is 8.75. The molecule has 1 aromatic heterocycles. The van der Waals surface area contributed by atoms with Crippen molar-refractivity contribution >= 4 is 11.6 Å². The van der Waals surface area contributed by atoms with Gasteiger partial charge in [0.15, 0.2) is 0 Å². The molecule has 3 nitrogen and oxygen atoms in total. The molecule has 4 heteroatoms. The number of likely N-dealkylation sites (N-methyl/N-ethyl adjacent to an activating group) is 1. The maximum absolute atomic E-state index is 6.32. The van der Waals surface area contributed by atoms with Crippen LogP contribution < -0.4 is 5.32 Å². The second-order valence-electron chi connectivity index (χ2n) is 4.80. The highest BCUT2D eigenvalue weighted by molar-refractivity contribution is 6.32. The molecule has 0 spiro atoms. The summed E-state index contributed by atoms with van der Waals surface area (Å²) in [5.41, 5.74) is 4.78. The number of hydrogen-bond acceptors (Lipinski definition) is 2. The number of hydrogen-bond donors (Lipinski definition) is 1. The zero-order valence-corrected chi connectivity index (χ0v) is 13.2. The second kappa shape index (κ2) is 6.91. The van der Waals surface area contributed by atoms with E-state index in [-0.39, 0.29) is 0 Å². The van der Waals surface area contributed by atoms with Crippen LogP contribution in [0.25, 0.3) is 5.69 Å². The fourth-order valence-corrected chi connectivity index (χ4v) is 2.76. The molecule has 1 aromatic carbocycles. The first-order valence-corrected chi connectivity index (χ1v) is 7.59. The maximum Gasteiger partial charge on any atom is 0.0835 e. The third-order valence-electron chi connectivity index (χ3n) is 3.55. The van der Waals surface area contributed by atoms with E-state index in [9.17, 15) is 0 Å². The van der Waals surface area contributed by atoms with E-state index in [1.54, 1.807) is 0 Å². The van der Waals surface area contributed by atoms with Crippen LogP contribution in [0.15, 0.2) is 24.3 Å². The molecule has 0 aliphatic heterocycles. The number of rotatable bonds is 6. The summed E-state index contributed by atoms with van der Waals surface area (Å²) in [7, 11) is 1.98. The summed E-state index contributed by atoms with van der Waals surface area (Å²) in [5.74, 6) is 0. The molecule has 0 aliphatic carbocycles. The van der Waals surface area contributed by atoms with Crippen molar-refractivity contribution in [3.05, 3.63) is 46.2 Å². The van der Waals surface area contributed by atoms with Crippen molar-refractivity contribution in [3.8, 4) is 5.69 Å². The number of aromatic nitrogens is 2. The minimum Gasteiger partial charge on any atom is -0.319 e. The molecule has 0 amide bonds. The van der Waals surface area contributed by atoms with E-state index in [1.165, 1.54) is 17.0 Å². The molecule has 2 aromatic rings. The Morgan fingerprint density at radius 2 is 1.95 bits per heavy atom. The molecule has 1 N–H and O–H groups in total. The molecule has 0 atom stereocenters. The fraction of sp³-hybridized carbons (Fsp3) is 0.438. The van der Waals surface area contributed by atoms with Gasteiger partial charge in [0.2, 0.25) is 0 Å². The molecule has 108 valence electrons. The number of halogens is 1. The first-order chi connectivity index (χ1) is 9.72. The Morgan fingerprint density at radius 1 is 1.20 bits per heavy atom. The molecule has 0 saturated heterocycles. The minimum absolute atomic E-state index is 0.743. The summed E-state index contributed by atoms with van der Waals surface area (Å²) >= 11 is 6.32. The van der Waals surface area contributed by atoms with E-state index in [0.717, 1.165) is 36.5 Å². The third-order valence-corrected chi connectivity index (χ3v) is 3.87. The van der Waals surface area contributed by atoms with Crippen molar-refractivity contribution in [2.45, 2.75) is 33.1 Å². The van der Waals surface area contributed by atoms with Crippen LogP contribution in [0, 0.1) is 0 Å². The predicted octanol–water partition coefficient (Wildman–Crippen LogP) is 3.41. The second-order valence-corrected chi connectivity index (χ2v) is 5.20. The van der Waals surface area contributed by atoms with Crippen LogP contribution in [0.1, 0.15) is 30.8 Å². The van der Waals surface area contributed by atoms with Crippen LogP contribution in [0.5, 0.6) is 0 Å². The number of nitrogens with one attached hydrogen (secondary N) is 1. The summed E-state index contributed by atoms with van der Waals surface area (Å²) in [6.45, 7) is 5.29. The zero-order valence-electron chi connectivity index (χ0n) is 12.4. The highest BCUT2D eigenvalue weighted by Crippen LogP contribution is 2.25. The van der Waals surface area contributed by atoms with Crippen molar-refractivity contribution in [2.75, 3.05) is 13.6 Å². The van der Waals surface area contributed by atoms with Gasteiger partial charge in [0.05, 0.1) is 16.4 Å². The average molecular weight is 292 g/mol. The van der Waals surface area contributed by atoms with Crippen LogP contribution in [-0.2, 0) is 19.3 Å². The molecule has 20 heavy (non-hydrogen) atoms. The quantitative estimate of drug-likeness (QED) is 0.884. The molecule has 0 unspecified atom stereocenters. The minimum atomic E-state index is 0.743. The number of benzene rings is 1. The van der Waals surface area contributed by atoms with Crippen LogP contribution in [0.3, 0.4) is 0 Å². The maximum atomic E-state index is 6.32. The van der Waals surface area contributed by atoms with Gasteiger partial charge >= 0.3 is 0 Å². The Bertz CT molecular complexity index is 575. The Morgan fingerprint density at radius 3 is 2.55 bits per heavy atom. The smallest absolute Gasteiger partial charge is 0.0835 e. The van der Waals surface area contributed by atoms with Crippen molar-refractivity contribution in [1.29, 1.82) is 0 Å². The van der Waals surface area contributed by atoms with Gasteiger partial charge in [-0.15, -0.1) is 0 Å². The first-order valence-electron chi connectivity index (χ1n) is 7.22. The molecule has 0 bridgehead atoms. The van der Waals surface area contributed by atoms with Crippen molar-refractivity contribution in [1.82, 2.24) is 15.1 Å². The molecule has 0 radical (unpaired) electrons. The summed E-state index contributed by atoms with van der Waals surface area (Å²) < 4.78 is 2.02. The van der Waals surface area contributed by atoms with E-state index in [2.05, 4.69) is 19.2 Å². The Hall–Kier alpha value is -1.32. The van der Waals surface area contributed by atoms with Crippen LogP contribution in [-0.4, -0.2) is 23.4 Å². The van der Waals surface area contributed by atoms with E-state index < -0.39 is 0 Å². The van der Waals surface area contributed by atoms with Gasteiger partial charge < -0.3 is 5.32 Å². The van der Waals surface area contributed by atoms with Crippen molar-refractivity contribution in [2.24, 2.45) is 0 Å². The lowest BCUT2D eigenvalue weighted by atomic mass is 10.1. The van der Waals surface area contributed by atoms with Gasteiger partial charge in [0.1, 0.15) is 0 Å². The lowest BCUT2D eigenvalue weighted by Crippen LogP contribution is -2.12.